The van der Waals surface area contributed by atoms with Gasteiger partial charge >= 0.3 is 12.1 Å². The van der Waals surface area contributed by atoms with E-state index in [0.717, 1.165) is 36.2 Å². The molecule has 3 aromatic carbocycles. The summed E-state index contributed by atoms with van der Waals surface area (Å²) in [6.07, 6.45) is 0.879. The van der Waals surface area contributed by atoms with Crippen molar-refractivity contribution in [1.82, 2.24) is 46.6 Å². The number of fused-ring (bicyclic) bond motifs is 1. The lowest BCUT2D eigenvalue weighted by Gasteiger charge is -2.34. The predicted octanol–water partition coefficient (Wildman–Crippen LogP) is 3.28. The summed E-state index contributed by atoms with van der Waals surface area (Å²) in [4.78, 5) is 86.9. The number of nitrogens with zero attached hydrogens (tertiary/aromatic N) is 4. The molecule has 9 N–H and O–H groups in total. The summed E-state index contributed by atoms with van der Waals surface area (Å²) in [5.74, 6) is -3.77. The first-order valence-corrected chi connectivity index (χ1v) is 24.3. The average Bonchev–Trinajstić information content (AvgIpc) is 3.76. The van der Waals surface area contributed by atoms with E-state index in [4.69, 9.17) is 15.2 Å². The van der Waals surface area contributed by atoms with E-state index in [1.165, 1.54) is 0 Å². The van der Waals surface area contributed by atoms with Crippen molar-refractivity contribution in [3.8, 4) is 11.5 Å². The van der Waals surface area contributed by atoms with Gasteiger partial charge < -0.3 is 51.8 Å². The van der Waals surface area contributed by atoms with Crippen LogP contribution in [0.5, 0.6) is 11.5 Å². The molecular weight excluding hydrogens is 937 g/mol. The zero-order valence-corrected chi connectivity index (χ0v) is 41.5. The smallest absolute Gasteiger partial charge is 0.407 e. The van der Waals surface area contributed by atoms with Crippen LogP contribution < -0.4 is 42.4 Å². The van der Waals surface area contributed by atoms with Crippen LogP contribution in [0, 0.1) is 11.6 Å². The van der Waals surface area contributed by atoms with Crippen LogP contribution in [0.25, 0.3) is 0 Å². The highest BCUT2D eigenvalue weighted by Crippen LogP contribution is 2.33. The predicted molar refractivity (Wildman–Crippen MR) is 264 cm³/mol. The van der Waals surface area contributed by atoms with Gasteiger partial charge in [0.05, 0.1) is 6.61 Å². The van der Waals surface area contributed by atoms with E-state index >= 15 is 0 Å². The van der Waals surface area contributed by atoms with Crippen LogP contribution in [-0.4, -0.2) is 139 Å². The number of hydrogen-bond donors (Lipinski definition) is 8. The number of aromatic hydroxyl groups is 1. The summed E-state index contributed by atoms with van der Waals surface area (Å²) in [6.45, 7) is 11.7. The van der Waals surface area contributed by atoms with Gasteiger partial charge in [-0.2, -0.15) is 0 Å². The molecule has 0 spiro atoms. The zero-order chi connectivity index (χ0) is 52.2. The maximum atomic E-state index is 14.7. The highest BCUT2D eigenvalue weighted by Gasteiger charge is 2.34. The minimum absolute atomic E-state index is 0.0147. The van der Waals surface area contributed by atoms with Crippen LogP contribution in [0.15, 0.2) is 65.7 Å². The summed E-state index contributed by atoms with van der Waals surface area (Å²) in [5.41, 5.74) is 7.54. The first kappa shape index (κ1) is 55.9. The molecule has 3 aromatic rings. The Hall–Kier alpha value is -7.07. The third-order valence-corrected chi connectivity index (χ3v) is 11.7. The number of guanidine groups is 1. The number of nitrogens with two attached hydrogens (primary N) is 1. The van der Waals surface area contributed by atoms with Crippen molar-refractivity contribution in [3.63, 3.8) is 0 Å². The number of phenolic OH excluding ortho intramolecular Hbond substituents is 1. The van der Waals surface area contributed by atoms with Crippen LogP contribution in [0.2, 0.25) is 0 Å². The summed E-state index contributed by atoms with van der Waals surface area (Å²) < 4.78 is 40.7. The molecule has 392 valence electrons. The van der Waals surface area contributed by atoms with Gasteiger partial charge in [-0.1, -0.05) is 43.3 Å². The van der Waals surface area contributed by atoms with E-state index in [-0.39, 0.29) is 63.2 Å². The number of alkyl carbamates (subject to hydrolysis) is 1. The lowest BCUT2D eigenvalue weighted by Crippen LogP contribution is -2.50. The van der Waals surface area contributed by atoms with E-state index in [9.17, 15) is 42.7 Å². The Morgan fingerprint density at radius 2 is 1.49 bits per heavy atom. The molecule has 2 aliphatic heterocycles. The Labute approximate surface area is 418 Å². The van der Waals surface area contributed by atoms with Crippen LogP contribution >= 0.6 is 0 Å². The second-order valence-electron chi connectivity index (χ2n) is 18.4. The standard InChI is InChI=1S/C50H69F2N11O9/c1-5-42(65)54-20-21-56-48(69)60-47(53)55-18-8-12-41(45(67)58-30-38-39(51)28-36(64)29-40(38)52)59-46(68)44(63-31-34-10-6-7-11-35(34)32-63)33-13-15-37(16-14-33)71-27-9-22-61-23-25-62(26-24-61)43(66)17-19-57-49(70)72-50(2,3)4/h6-7,10-11,13-16,28-29,41,44,64H,5,8-9,12,17-27,30-32H2,1-4H3,(H,54,65)(H,57,70)(H,58,67)(H,59,68)(H4,53,55,56,60,69)/t41-,44+/m1/s1. The normalized spacial score (nSPS) is 14.9. The molecule has 2 atom stereocenters. The molecule has 5 rings (SSSR count). The average molecular weight is 1010 g/mol. The van der Waals surface area contributed by atoms with E-state index in [1.54, 1.807) is 56.9 Å². The van der Waals surface area contributed by atoms with Crippen LogP contribution in [0.1, 0.15) is 88.1 Å². The van der Waals surface area contributed by atoms with Crippen molar-refractivity contribution in [3.05, 3.63) is 94.6 Å². The number of benzene rings is 3. The Morgan fingerprint density at radius 1 is 0.833 bits per heavy atom. The van der Waals surface area contributed by atoms with Gasteiger partial charge in [0, 0.05) is 109 Å². The van der Waals surface area contributed by atoms with Gasteiger partial charge in [0.2, 0.25) is 23.6 Å². The molecule has 2 heterocycles. The fourth-order valence-corrected chi connectivity index (χ4v) is 8.03. The lowest BCUT2D eigenvalue weighted by atomic mass is 10.0. The van der Waals surface area contributed by atoms with Crippen molar-refractivity contribution in [2.24, 2.45) is 10.7 Å². The topological polar surface area (TPSA) is 261 Å². The number of phenols is 1. The number of rotatable bonds is 23. The molecule has 22 heteroatoms. The first-order chi connectivity index (χ1) is 34.4. The summed E-state index contributed by atoms with van der Waals surface area (Å²) >= 11 is 0. The molecule has 0 bridgehead atoms. The van der Waals surface area contributed by atoms with Gasteiger partial charge in [0.15, 0.2) is 5.96 Å². The van der Waals surface area contributed by atoms with E-state index in [1.807, 2.05) is 29.2 Å². The summed E-state index contributed by atoms with van der Waals surface area (Å²) in [5, 5.41) is 25.2. The Kier molecular flexibility index (Phi) is 21.3. The SMILES string of the molecule is CCC(=O)NCCNC(=O)NC(N)=NCCC[C@@H](NC(=O)[C@H](c1ccc(OCCCN2CCN(C(=O)CCNC(=O)OC(C)(C)C)CC2)cc1)N1Cc2ccccc2C1)C(=O)NCc1c(F)cc(O)cc1F. The highest BCUT2D eigenvalue weighted by atomic mass is 19.1. The molecule has 0 radical (unpaired) electrons. The van der Waals surface area contributed by atoms with E-state index in [0.29, 0.717) is 63.6 Å². The minimum Gasteiger partial charge on any atom is -0.508 e. The monoisotopic (exact) mass is 1010 g/mol. The molecule has 0 aromatic heterocycles. The number of urea groups is 1. The number of hydrogen-bond acceptors (Lipinski definition) is 12. The molecule has 7 amide bonds. The molecule has 1 saturated heterocycles. The fraction of sp³-hybridized carbons (Fsp3) is 0.500. The van der Waals surface area contributed by atoms with Crippen molar-refractivity contribution in [1.29, 1.82) is 0 Å². The number of ether oxygens (including phenoxy) is 2. The number of amides is 7. The number of aliphatic imine (C=N–C) groups is 1. The third-order valence-electron chi connectivity index (χ3n) is 11.7. The van der Waals surface area contributed by atoms with E-state index in [2.05, 4.69) is 41.8 Å². The molecule has 2 aliphatic rings. The molecular formula is C50H69F2N11O9. The quantitative estimate of drug-likeness (QED) is 0.0387. The largest absolute Gasteiger partial charge is 0.508 e. The second-order valence-corrected chi connectivity index (χ2v) is 18.4. The van der Waals surface area contributed by atoms with Gasteiger partial charge in [0.1, 0.15) is 40.8 Å². The van der Waals surface area contributed by atoms with Crippen molar-refractivity contribution < 1.29 is 52.1 Å². The molecule has 0 aliphatic carbocycles. The minimum atomic E-state index is -1.21. The molecule has 0 unspecified atom stereocenters. The van der Waals surface area contributed by atoms with Gasteiger partial charge in [-0.25, -0.2) is 18.4 Å². The van der Waals surface area contributed by atoms with Crippen LogP contribution in [-0.2, 0) is 43.5 Å². The van der Waals surface area contributed by atoms with Crippen LogP contribution in [0.4, 0.5) is 18.4 Å². The number of halogens is 2. The van der Waals surface area contributed by atoms with Crippen molar-refractivity contribution in [2.45, 2.75) is 97.1 Å². The van der Waals surface area contributed by atoms with Gasteiger partial charge in [-0.05, 0) is 68.9 Å². The molecule has 72 heavy (non-hydrogen) atoms. The zero-order valence-electron chi connectivity index (χ0n) is 41.5. The first-order valence-electron chi connectivity index (χ1n) is 24.3. The summed E-state index contributed by atoms with van der Waals surface area (Å²) in [6, 6.07) is 13.7. The molecule has 20 nitrogen and oxygen atoms in total. The number of nitrogens with one attached hydrogen (secondary N) is 6. The third kappa shape index (κ3) is 18.3. The Bertz CT molecular complexity index is 2310. The maximum absolute atomic E-state index is 14.7. The van der Waals surface area contributed by atoms with Crippen molar-refractivity contribution in [2.75, 3.05) is 65.5 Å². The lowest BCUT2D eigenvalue weighted by molar-refractivity contribution is -0.133. The number of carbonyl (C=O) groups excluding carboxylic acids is 6. The van der Waals surface area contributed by atoms with Crippen molar-refractivity contribution >= 4 is 41.7 Å². The number of piperazine rings is 1. The van der Waals surface area contributed by atoms with Gasteiger partial charge in [0.25, 0.3) is 0 Å². The van der Waals surface area contributed by atoms with E-state index < -0.39 is 71.1 Å². The second kappa shape index (κ2) is 27.5. The fourth-order valence-electron chi connectivity index (χ4n) is 8.03. The maximum Gasteiger partial charge on any atom is 0.407 e. The van der Waals surface area contributed by atoms with Gasteiger partial charge in [-0.3, -0.25) is 39.3 Å². The molecule has 0 saturated carbocycles. The number of carbonyl (C=O) groups is 6. The molecule has 1 fully saturated rings. The van der Waals surface area contributed by atoms with Crippen LogP contribution in [0.3, 0.4) is 0 Å². The van der Waals surface area contributed by atoms with Gasteiger partial charge in [-0.15, -0.1) is 0 Å². The highest BCUT2D eigenvalue weighted by molar-refractivity contribution is 5.95. The Morgan fingerprint density at radius 3 is 2.12 bits per heavy atom. The summed E-state index contributed by atoms with van der Waals surface area (Å²) in [7, 11) is 0. The Balaban J connectivity index is 1.18.